The number of amides is 1. The fourth-order valence-corrected chi connectivity index (χ4v) is 3.60. The summed E-state index contributed by atoms with van der Waals surface area (Å²) in [5.74, 6) is 0.840. The topological polar surface area (TPSA) is 72.3 Å². The van der Waals surface area contributed by atoms with Crippen LogP contribution in [0.1, 0.15) is 28.0 Å². The van der Waals surface area contributed by atoms with Crippen molar-refractivity contribution in [3.8, 4) is 11.4 Å². The second-order valence-electron chi connectivity index (χ2n) is 6.83. The lowest BCUT2D eigenvalue weighted by Gasteiger charge is -2.36. The van der Waals surface area contributed by atoms with Crippen LogP contribution in [0.5, 0.6) is 5.75 Å². The molecule has 0 spiro atoms. The molecule has 1 unspecified atom stereocenters. The second-order valence-corrected chi connectivity index (χ2v) is 6.83. The fraction of sp³-hybridized carbons (Fsp3) is 0.286. The van der Waals surface area contributed by atoms with Crippen molar-refractivity contribution in [3.05, 3.63) is 71.6 Å². The Morgan fingerprint density at radius 3 is 2.72 bits per heavy atom. The highest BCUT2D eigenvalue weighted by molar-refractivity contribution is 5.91. The van der Waals surface area contributed by atoms with Gasteiger partial charge < -0.3 is 15.0 Å². The number of aromatic nitrogens is 3. The number of hydrogen-bond acceptors (Lipinski definition) is 5. The Hall–Kier alpha value is -3.26. The number of piperazine rings is 1. The first-order valence-electron chi connectivity index (χ1n) is 9.42. The molecule has 2 heterocycles. The van der Waals surface area contributed by atoms with Crippen molar-refractivity contribution in [3.63, 3.8) is 0 Å². The van der Waals surface area contributed by atoms with Gasteiger partial charge in [-0.2, -0.15) is 0 Å². The largest absolute Gasteiger partial charge is 0.496 e. The first-order valence-corrected chi connectivity index (χ1v) is 9.42. The lowest BCUT2D eigenvalue weighted by Crippen LogP contribution is -2.49. The Bertz CT molecular complexity index is 1020. The Morgan fingerprint density at radius 2 is 1.97 bits per heavy atom. The highest BCUT2D eigenvalue weighted by Gasteiger charge is 2.32. The number of nitrogens with one attached hydrogen (secondary N) is 1. The molecule has 1 fully saturated rings. The summed E-state index contributed by atoms with van der Waals surface area (Å²) < 4.78 is 20.3. The van der Waals surface area contributed by atoms with Crippen LogP contribution in [-0.2, 0) is 0 Å². The van der Waals surface area contributed by atoms with Crippen LogP contribution in [0.15, 0.2) is 48.5 Å². The van der Waals surface area contributed by atoms with Crippen LogP contribution in [0.3, 0.4) is 0 Å². The van der Waals surface area contributed by atoms with Crippen LogP contribution in [0.25, 0.3) is 5.69 Å². The normalized spacial score (nSPS) is 16.7. The molecule has 1 amide bonds. The predicted octanol–water partition coefficient (Wildman–Crippen LogP) is 2.51. The lowest BCUT2D eigenvalue weighted by molar-refractivity contribution is 0.0619. The summed E-state index contributed by atoms with van der Waals surface area (Å²) in [4.78, 5) is 19.4. The molecule has 0 bridgehead atoms. The smallest absolute Gasteiger partial charge is 0.294 e. The average Bonchev–Trinajstić information content (AvgIpc) is 3.15. The van der Waals surface area contributed by atoms with E-state index in [2.05, 4.69) is 15.4 Å². The van der Waals surface area contributed by atoms with Crippen LogP contribution in [-0.4, -0.2) is 52.3 Å². The summed E-state index contributed by atoms with van der Waals surface area (Å²) in [5.41, 5.74) is 1.59. The van der Waals surface area contributed by atoms with Gasteiger partial charge in [0.15, 0.2) is 0 Å². The highest BCUT2D eigenvalue weighted by atomic mass is 19.1. The molecular weight excluding hydrogens is 373 g/mol. The number of nitrogens with zero attached hydrogens (tertiary/aromatic N) is 4. The number of para-hydroxylation sites is 1. The van der Waals surface area contributed by atoms with E-state index in [0.29, 0.717) is 31.1 Å². The molecular formula is C21H22FN5O2. The van der Waals surface area contributed by atoms with E-state index in [1.807, 2.05) is 24.3 Å². The molecule has 1 N–H and O–H groups in total. The van der Waals surface area contributed by atoms with E-state index in [-0.39, 0.29) is 23.6 Å². The maximum absolute atomic E-state index is 13.3. The fourth-order valence-electron chi connectivity index (χ4n) is 3.60. The summed E-state index contributed by atoms with van der Waals surface area (Å²) in [7, 11) is 1.62. The van der Waals surface area contributed by atoms with Gasteiger partial charge in [0.05, 0.1) is 18.8 Å². The van der Waals surface area contributed by atoms with Gasteiger partial charge >= 0.3 is 0 Å². The number of hydrogen-bond donors (Lipinski definition) is 1. The van der Waals surface area contributed by atoms with E-state index in [1.54, 1.807) is 35.7 Å². The minimum atomic E-state index is -0.330. The summed E-state index contributed by atoms with van der Waals surface area (Å²) >= 11 is 0. The summed E-state index contributed by atoms with van der Waals surface area (Å²) in [5, 5.41) is 7.73. The van der Waals surface area contributed by atoms with Gasteiger partial charge in [0.1, 0.15) is 17.4 Å². The minimum Gasteiger partial charge on any atom is -0.496 e. The first-order chi connectivity index (χ1) is 14.1. The molecule has 7 nitrogen and oxygen atoms in total. The molecule has 4 rings (SSSR count). The second kappa shape index (κ2) is 8.00. The molecule has 29 heavy (non-hydrogen) atoms. The first kappa shape index (κ1) is 19.1. The highest BCUT2D eigenvalue weighted by Crippen LogP contribution is 2.31. The SMILES string of the molecule is COc1ccccc1C1CNCCN1C(=O)c1nc(C)n(-c2ccc(F)cc2)n1. The van der Waals surface area contributed by atoms with Gasteiger partial charge in [0.25, 0.3) is 5.91 Å². The van der Waals surface area contributed by atoms with Crippen LogP contribution in [0.4, 0.5) is 4.39 Å². The van der Waals surface area contributed by atoms with E-state index < -0.39 is 0 Å². The minimum absolute atomic E-state index is 0.119. The van der Waals surface area contributed by atoms with Gasteiger partial charge in [-0.15, -0.1) is 5.10 Å². The van der Waals surface area contributed by atoms with Gasteiger partial charge in [-0.25, -0.2) is 14.1 Å². The molecule has 0 aliphatic carbocycles. The molecule has 0 saturated carbocycles. The van der Waals surface area contributed by atoms with E-state index in [0.717, 1.165) is 11.3 Å². The Balaban J connectivity index is 1.66. The van der Waals surface area contributed by atoms with Gasteiger partial charge in [-0.3, -0.25) is 4.79 Å². The molecule has 150 valence electrons. The van der Waals surface area contributed by atoms with Gasteiger partial charge in [0.2, 0.25) is 5.82 Å². The molecule has 0 radical (unpaired) electrons. The molecule has 1 aliphatic rings. The Labute approximate surface area is 168 Å². The van der Waals surface area contributed by atoms with Crippen LogP contribution in [0.2, 0.25) is 0 Å². The van der Waals surface area contributed by atoms with Crippen molar-refractivity contribution < 1.29 is 13.9 Å². The zero-order valence-electron chi connectivity index (χ0n) is 16.3. The zero-order chi connectivity index (χ0) is 20.4. The summed E-state index contributed by atoms with van der Waals surface area (Å²) in [6.45, 7) is 3.60. The Morgan fingerprint density at radius 1 is 1.21 bits per heavy atom. The monoisotopic (exact) mass is 395 g/mol. The van der Waals surface area contributed by atoms with Crippen molar-refractivity contribution >= 4 is 5.91 Å². The quantitative estimate of drug-likeness (QED) is 0.735. The number of benzene rings is 2. The third kappa shape index (κ3) is 3.71. The van der Waals surface area contributed by atoms with E-state index >= 15 is 0 Å². The van der Waals surface area contributed by atoms with E-state index in [4.69, 9.17) is 4.74 Å². The van der Waals surface area contributed by atoms with Crippen molar-refractivity contribution in [1.29, 1.82) is 0 Å². The van der Waals surface area contributed by atoms with Crippen LogP contribution >= 0.6 is 0 Å². The van der Waals surface area contributed by atoms with Crippen LogP contribution < -0.4 is 10.1 Å². The van der Waals surface area contributed by atoms with Crippen molar-refractivity contribution in [2.75, 3.05) is 26.7 Å². The third-order valence-corrected chi connectivity index (χ3v) is 5.03. The third-order valence-electron chi connectivity index (χ3n) is 5.03. The van der Waals surface area contributed by atoms with Crippen molar-refractivity contribution in [1.82, 2.24) is 25.0 Å². The molecule has 1 aromatic heterocycles. The van der Waals surface area contributed by atoms with E-state index in [9.17, 15) is 9.18 Å². The number of halogens is 1. The van der Waals surface area contributed by atoms with Crippen molar-refractivity contribution in [2.24, 2.45) is 0 Å². The number of carbonyl (C=O) groups is 1. The number of rotatable bonds is 4. The number of carbonyl (C=O) groups excluding carboxylic acids is 1. The number of aryl methyl sites for hydroxylation is 1. The zero-order valence-corrected chi connectivity index (χ0v) is 16.3. The van der Waals surface area contributed by atoms with Gasteiger partial charge in [-0.05, 0) is 37.3 Å². The molecule has 1 atom stereocenters. The van der Waals surface area contributed by atoms with E-state index in [1.165, 1.54) is 12.1 Å². The Kier molecular flexibility index (Phi) is 5.26. The summed E-state index contributed by atoms with van der Waals surface area (Å²) in [6.07, 6.45) is 0. The molecule has 3 aromatic rings. The van der Waals surface area contributed by atoms with Crippen LogP contribution in [0, 0.1) is 12.7 Å². The number of methoxy groups -OCH3 is 1. The molecule has 1 aliphatic heterocycles. The average molecular weight is 395 g/mol. The predicted molar refractivity (Wildman–Crippen MR) is 106 cm³/mol. The molecule has 2 aromatic carbocycles. The van der Waals surface area contributed by atoms with Crippen molar-refractivity contribution in [2.45, 2.75) is 13.0 Å². The number of ether oxygens (including phenoxy) is 1. The van der Waals surface area contributed by atoms with Gasteiger partial charge in [-0.1, -0.05) is 18.2 Å². The lowest BCUT2D eigenvalue weighted by atomic mass is 10.0. The molecule has 1 saturated heterocycles. The maximum atomic E-state index is 13.3. The van der Waals surface area contributed by atoms with Gasteiger partial charge in [0, 0.05) is 25.2 Å². The molecule has 8 heteroatoms. The maximum Gasteiger partial charge on any atom is 0.294 e. The summed E-state index contributed by atoms with van der Waals surface area (Å²) in [6, 6.07) is 13.4. The standard InChI is InChI=1S/C21H22FN5O2/c1-14-24-20(25-27(14)16-9-7-15(22)8-10-16)21(28)26-12-11-23-13-18(26)17-5-3-4-6-19(17)29-2/h3-10,18,23H,11-13H2,1-2H3.